The minimum Gasteiger partial charge on any atom is -0.459 e. The highest BCUT2D eigenvalue weighted by molar-refractivity contribution is 7.03. The lowest BCUT2D eigenvalue weighted by molar-refractivity contribution is 0.457. The molecule has 5 aliphatic rings. The fraction of sp³-hybridized carbons (Fsp3) is 0.0294. The molecule has 0 unspecified atom stereocenters. The molecule has 0 aliphatic carbocycles. The quantitative estimate of drug-likeness (QED) is 0.155. The molecule has 0 spiro atoms. The Balaban J connectivity index is 0.945. The normalized spacial score (nSPS) is 13.5. The van der Waals surface area contributed by atoms with Gasteiger partial charge in [0.15, 0.2) is 0 Å². The molecule has 0 saturated carbocycles. The van der Waals surface area contributed by atoms with Gasteiger partial charge in [-0.25, -0.2) is 0 Å². The van der Waals surface area contributed by atoms with Crippen LogP contribution in [0, 0.1) is 13.8 Å². The second-order valence-corrected chi connectivity index (χ2v) is 20.8. The summed E-state index contributed by atoms with van der Waals surface area (Å²) in [4.78, 5) is 7.14. The first-order valence-electron chi connectivity index (χ1n) is 26.6. The Kier molecular flexibility index (Phi) is 9.65. The lowest BCUT2D eigenvalue weighted by atomic mass is 9.29. The third kappa shape index (κ3) is 6.53. The summed E-state index contributed by atoms with van der Waals surface area (Å²) in [5.74, 6) is 4.82. The molecule has 5 aliphatic heterocycles. The molecule has 0 N–H and O–H groups in total. The van der Waals surface area contributed by atoms with Crippen LogP contribution in [-0.4, -0.2) is 20.1 Å². The van der Waals surface area contributed by atoms with Gasteiger partial charge >= 0.3 is 0 Å². The number of nitrogens with zero attached hydrogens (tertiary/aromatic N) is 3. The number of fused-ring (bicyclic) bond motifs is 11. The molecule has 9 heteroatoms. The van der Waals surface area contributed by atoms with E-state index < -0.39 is 0 Å². The Morgan fingerprint density at radius 1 is 0.299 bits per heavy atom. The molecule has 11 aromatic rings. The zero-order valence-electron chi connectivity index (χ0n) is 42.4. The predicted octanol–water partition coefficient (Wildman–Crippen LogP) is 11.2. The van der Waals surface area contributed by atoms with Gasteiger partial charge in [-0.2, -0.15) is 0 Å². The maximum Gasteiger partial charge on any atom is 0.260 e. The Morgan fingerprint density at radius 3 is 1.38 bits per heavy atom. The van der Waals surface area contributed by atoms with Gasteiger partial charge in [-0.15, -0.1) is 0 Å². The summed E-state index contributed by atoms with van der Waals surface area (Å²) >= 11 is 0. The third-order valence-corrected chi connectivity index (χ3v) is 16.5. The monoisotopic (exact) mass is 985 g/mol. The SMILES string of the molecule is Cc1cccc(C)c1B1c2ccccc2N(c2ccccc2)c2cc3c4c(c21)Oc1ccccc1B4c1cc2c(cc1O3)Oc1cc(N(c3ccccc3)c3ccccc3)cc3c1B2c1ccccc1N3c1ccccc1. The van der Waals surface area contributed by atoms with E-state index in [1.54, 1.807) is 0 Å². The molecule has 0 saturated heterocycles. The minimum atomic E-state index is -0.210. The van der Waals surface area contributed by atoms with E-state index in [-0.39, 0.29) is 20.1 Å². The van der Waals surface area contributed by atoms with Crippen molar-refractivity contribution in [1.29, 1.82) is 0 Å². The van der Waals surface area contributed by atoms with Crippen LogP contribution in [0.1, 0.15) is 11.1 Å². The topological polar surface area (TPSA) is 37.4 Å². The van der Waals surface area contributed by atoms with Gasteiger partial charge in [0.1, 0.15) is 34.5 Å². The number of ether oxygens (including phenoxy) is 3. The van der Waals surface area contributed by atoms with E-state index in [1.807, 2.05) is 0 Å². The summed E-state index contributed by atoms with van der Waals surface area (Å²) in [6, 6.07) is 87.1. The molecule has 11 aromatic carbocycles. The fourth-order valence-electron chi connectivity index (χ4n) is 13.4. The summed E-state index contributed by atoms with van der Waals surface area (Å²) in [5.41, 5.74) is 22.4. The van der Waals surface area contributed by atoms with Gasteiger partial charge in [-0.05, 0) is 125 Å². The number of benzene rings is 11. The molecule has 360 valence electrons. The molecular formula is C68H46B3N3O3. The maximum absolute atomic E-state index is 7.45. The number of aryl methyl sites for hydroxylation is 2. The van der Waals surface area contributed by atoms with Crippen LogP contribution >= 0.6 is 0 Å². The molecule has 0 radical (unpaired) electrons. The van der Waals surface area contributed by atoms with Crippen molar-refractivity contribution < 1.29 is 14.2 Å². The van der Waals surface area contributed by atoms with E-state index in [0.717, 1.165) is 118 Å². The smallest absolute Gasteiger partial charge is 0.260 e. The summed E-state index contributed by atoms with van der Waals surface area (Å²) in [6.07, 6.45) is 0. The molecule has 77 heavy (non-hydrogen) atoms. The van der Waals surface area contributed by atoms with Crippen molar-refractivity contribution in [2.24, 2.45) is 0 Å². The second-order valence-electron chi connectivity index (χ2n) is 20.8. The zero-order chi connectivity index (χ0) is 50.9. The van der Waals surface area contributed by atoms with Gasteiger partial charge in [0, 0.05) is 69.2 Å². The fourth-order valence-corrected chi connectivity index (χ4v) is 13.4. The van der Waals surface area contributed by atoms with Crippen LogP contribution < -0.4 is 78.1 Å². The van der Waals surface area contributed by atoms with Crippen molar-refractivity contribution in [3.05, 3.63) is 254 Å². The predicted molar refractivity (Wildman–Crippen MR) is 320 cm³/mol. The van der Waals surface area contributed by atoms with Crippen LogP contribution in [0.25, 0.3) is 0 Å². The van der Waals surface area contributed by atoms with E-state index in [9.17, 15) is 0 Å². The van der Waals surface area contributed by atoms with Crippen molar-refractivity contribution in [2.75, 3.05) is 14.7 Å². The van der Waals surface area contributed by atoms with Crippen molar-refractivity contribution in [1.82, 2.24) is 0 Å². The number of rotatable bonds is 6. The summed E-state index contributed by atoms with van der Waals surface area (Å²) < 4.78 is 22.3. The van der Waals surface area contributed by atoms with Gasteiger partial charge in [-0.3, -0.25) is 0 Å². The highest BCUT2D eigenvalue weighted by Crippen LogP contribution is 2.48. The molecule has 0 bridgehead atoms. The number of para-hydroxylation sites is 7. The molecule has 6 nitrogen and oxygen atoms in total. The summed E-state index contributed by atoms with van der Waals surface area (Å²) in [6.45, 7) is 4.00. The molecule has 0 aromatic heterocycles. The summed E-state index contributed by atoms with van der Waals surface area (Å²) in [7, 11) is 0. The lowest BCUT2D eigenvalue weighted by Crippen LogP contribution is -2.64. The van der Waals surface area contributed by atoms with Crippen LogP contribution in [0.2, 0.25) is 0 Å². The van der Waals surface area contributed by atoms with E-state index in [4.69, 9.17) is 14.2 Å². The maximum atomic E-state index is 7.45. The first-order valence-corrected chi connectivity index (χ1v) is 26.6. The average Bonchev–Trinajstić information content (AvgIpc) is 3.56. The van der Waals surface area contributed by atoms with E-state index in [1.165, 1.54) is 27.5 Å². The van der Waals surface area contributed by atoms with Crippen molar-refractivity contribution >= 4 is 120 Å². The van der Waals surface area contributed by atoms with Crippen LogP contribution in [0.3, 0.4) is 0 Å². The Bertz CT molecular complexity index is 4160. The number of hydrogen-bond acceptors (Lipinski definition) is 6. The highest BCUT2D eigenvalue weighted by Gasteiger charge is 2.49. The molecule has 5 heterocycles. The van der Waals surface area contributed by atoms with E-state index in [2.05, 4.69) is 271 Å². The Morgan fingerprint density at radius 2 is 0.779 bits per heavy atom. The second kappa shape index (κ2) is 17.0. The van der Waals surface area contributed by atoms with Gasteiger partial charge in [-0.1, -0.05) is 168 Å². The van der Waals surface area contributed by atoms with Crippen LogP contribution in [-0.2, 0) is 0 Å². The Labute approximate surface area is 449 Å². The first kappa shape index (κ1) is 43.8. The first-order chi connectivity index (χ1) is 38.1. The van der Waals surface area contributed by atoms with Gasteiger partial charge < -0.3 is 28.9 Å². The number of anilines is 9. The standard InChI is InChI=1S/C68H46B3N3O3/c1-43-22-21-23-44(2)64(43)71-51-33-16-19-36-56(51)74(48-30-13-6-14-31-48)58-41-63-67-68(66(58)71)77-59-37-20-17-34-52(59)70(67)54-40-53-60(42-61(54)76-63)75-62-39-49(72(45-24-7-3-8-25-45)46-26-9-4-10-27-46)38-57-65(62)69(53)50-32-15-18-35-55(50)73(57)47-28-11-5-12-29-47/h3-42H,1-2H3. The van der Waals surface area contributed by atoms with E-state index >= 15 is 0 Å². The molecule has 0 fully saturated rings. The third-order valence-electron chi connectivity index (χ3n) is 16.5. The van der Waals surface area contributed by atoms with Gasteiger partial charge in [0.2, 0.25) is 0 Å². The van der Waals surface area contributed by atoms with Gasteiger partial charge in [0.25, 0.3) is 20.1 Å². The molecule has 0 atom stereocenters. The van der Waals surface area contributed by atoms with Crippen LogP contribution in [0.15, 0.2) is 243 Å². The highest BCUT2D eigenvalue weighted by atomic mass is 16.5. The van der Waals surface area contributed by atoms with Crippen LogP contribution in [0.4, 0.5) is 51.2 Å². The van der Waals surface area contributed by atoms with Gasteiger partial charge in [0.05, 0.1) is 5.69 Å². The number of hydrogen-bond donors (Lipinski definition) is 0. The van der Waals surface area contributed by atoms with E-state index in [0.29, 0.717) is 0 Å². The zero-order valence-corrected chi connectivity index (χ0v) is 42.4. The lowest BCUT2D eigenvalue weighted by Gasteiger charge is -2.43. The van der Waals surface area contributed by atoms with Crippen LogP contribution in [0.5, 0.6) is 34.5 Å². The largest absolute Gasteiger partial charge is 0.459 e. The van der Waals surface area contributed by atoms with Crippen molar-refractivity contribution in [2.45, 2.75) is 13.8 Å². The van der Waals surface area contributed by atoms with Crippen molar-refractivity contribution in [3.8, 4) is 34.5 Å². The average molecular weight is 986 g/mol. The molecule has 16 rings (SSSR count). The minimum absolute atomic E-state index is 0.127. The Hall–Kier alpha value is -9.59. The van der Waals surface area contributed by atoms with Crippen molar-refractivity contribution in [3.63, 3.8) is 0 Å². The molecular weight excluding hydrogens is 939 g/mol. The summed E-state index contributed by atoms with van der Waals surface area (Å²) in [5, 5.41) is 0. The molecule has 0 amide bonds.